The Labute approximate surface area is 193 Å². The Morgan fingerprint density at radius 2 is 1.91 bits per heavy atom. The SMILES string of the molecule is Fc1ccc(OC2CCOCC2)c(C2CCN([C@@H]3COC4(C3)CN(c3ncco3)C4)CC2)c1. The van der Waals surface area contributed by atoms with Crippen LogP contribution in [0.1, 0.15) is 43.6 Å². The fraction of sp³-hybridized carbons (Fsp3) is 0.640. The first-order valence-corrected chi connectivity index (χ1v) is 12.2. The van der Waals surface area contributed by atoms with Crippen LogP contribution in [0.4, 0.5) is 10.4 Å². The molecule has 4 aliphatic rings. The van der Waals surface area contributed by atoms with Gasteiger partial charge in [0.1, 0.15) is 29.5 Å². The molecule has 0 bridgehead atoms. The van der Waals surface area contributed by atoms with Crippen molar-refractivity contribution < 1.29 is 23.0 Å². The van der Waals surface area contributed by atoms with Gasteiger partial charge in [-0.15, -0.1) is 0 Å². The Morgan fingerprint density at radius 1 is 1.09 bits per heavy atom. The van der Waals surface area contributed by atoms with Crippen molar-refractivity contribution in [3.63, 3.8) is 0 Å². The standard InChI is InChI=1S/C25H32FN3O4/c26-19-1-2-23(33-21-5-10-30-11-6-21)22(13-19)18-3-8-28(9-4-18)20-14-25(32-15-20)16-29(17-25)24-27-7-12-31-24/h1-2,7,12-13,18,20-21H,3-6,8-11,14-17H2/t20-/m0/s1. The summed E-state index contributed by atoms with van der Waals surface area (Å²) >= 11 is 0. The minimum Gasteiger partial charge on any atom is -0.490 e. The number of likely N-dealkylation sites (tertiary alicyclic amines) is 1. The van der Waals surface area contributed by atoms with E-state index in [4.69, 9.17) is 18.6 Å². The van der Waals surface area contributed by atoms with Gasteiger partial charge in [-0.25, -0.2) is 9.37 Å². The maximum absolute atomic E-state index is 14.1. The summed E-state index contributed by atoms with van der Waals surface area (Å²) in [5.41, 5.74) is 0.962. The molecule has 7 nitrogen and oxygen atoms in total. The van der Waals surface area contributed by atoms with Crippen LogP contribution in [-0.4, -0.2) is 73.6 Å². The van der Waals surface area contributed by atoms with Crippen LogP contribution in [0.25, 0.3) is 0 Å². The largest absolute Gasteiger partial charge is 0.490 e. The summed E-state index contributed by atoms with van der Waals surface area (Å²) in [7, 11) is 0. The molecule has 178 valence electrons. The number of piperidine rings is 1. The molecule has 1 aromatic heterocycles. The smallest absolute Gasteiger partial charge is 0.297 e. The van der Waals surface area contributed by atoms with E-state index in [1.165, 1.54) is 6.07 Å². The highest BCUT2D eigenvalue weighted by Crippen LogP contribution is 2.41. The summed E-state index contributed by atoms with van der Waals surface area (Å²) < 4.78 is 37.6. The molecular weight excluding hydrogens is 425 g/mol. The van der Waals surface area contributed by atoms with Gasteiger partial charge in [-0.1, -0.05) is 0 Å². The number of rotatable bonds is 5. The van der Waals surface area contributed by atoms with Crippen LogP contribution in [0.3, 0.4) is 0 Å². The zero-order valence-electron chi connectivity index (χ0n) is 19.0. The fourth-order valence-corrected chi connectivity index (χ4v) is 5.93. The topological polar surface area (TPSA) is 60.2 Å². The minimum atomic E-state index is -0.182. The van der Waals surface area contributed by atoms with Crippen LogP contribution >= 0.6 is 0 Å². The van der Waals surface area contributed by atoms with Crippen LogP contribution in [0.2, 0.25) is 0 Å². The lowest BCUT2D eigenvalue weighted by molar-refractivity contribution is -0.0215. The van der Waals surface area contributed by atoms with E-state index in [1.54, 1.807) is 18.5 Å². The van der Waals surface area contributed by atoms with Crippen LogP contribution in [0.15, 0.2) is 35.1 Å². The van der Waals surface area contributed by atoms with Crippen molar-refractivity contribution in [2.24, 2.45) is 0 Å². The molecule has 0 unspecified atom stereocenters. The van der Waals surface area contributed by atoms with Crippen LogP contribution in [0.5, 0.6) is 5.75 Å². The van der Waals surface area contributed by atoms with Gasteiger partial charge in [0.15, 0.2) is 0 Å². The normalized spacial score (nSPS) is 26.6. The molecule has 6 rings (SSSR count). The molecule has 5 heterocycles. The lowest BCUT2D eigenvalue weighted by Gasteiger charge is -2.46. The minimum absolute atomic E-state index is 0.0662. The molecule has 1 aromatic carbocycles. The van der Waals surface area contributed by atoms with E-state index in [0.717, 1.165) is 89.4 Å². The van der Waals surface area contributed by atoms with E-state index < -0.39 is 0 Å². The van der Waals surface area contributed by atoms with Gasteiger partial charge in [0.05, 0.1) is 39.1 Å². The summed E-state index contributed by atoms with van der Waals surface area (Å²) in [4.78, 5) is 8.94. The molecule has 1 spiro atoms. The third-order valence-corrected chi connectivity index (χ3v) is 7.76. The quantitative estimate of drug-likeness (QED) is 0.680. The van der Waals surface area contributed by atoms with Crippen LogP contribution < -0.4 is 9.64 Å². The molecule has 8 heteroatoms. The van der Waals surface area contributed by atoms with Gasteiger partial charge >= 0.3 is 0 Å². The fourth-order valence-electron chi connectivity index (χ4n) is 5.93. The Bertz CT molecular complexity index is 935. The maximum Gasteiger partial charge on any atom is 0.297 e. The van der Waals surface area contributed by atoms with E-state index in [1.807, 2.05) is 6.07 Å². The first-order valence-electron chi connectivity index (χ1n) is 12.2. The van der Waals surface area contributed by atoms with Gasteiger partial charge < -0.3 is 23.5 Å². The van der Waals surface area contributed by atoms with Gasteiger partial charge in [-0.05, 0) is 56.5 Å². The summed E-state index contributed by atoms with van der Waals surface area (Å²) in [6.45, 7) is 5.95. The second-order valence-corrected chi connectivity index (χ2v) is 9.94. The van der Waals surface area contributed by atoms with Gasteiger partial charge in [0, 0.05) is 24.4 Å². The van der Waals surface area contributed by atoms with E-state index in [2.05, 4.69) is 14.8 Å². The lowest BCUT2D eigenvalue weighted by atomic mass is 9.86. The zero-order chi connectivity index (χ0) is 22.3. The molecule has 0 radical (unpaired) electrons. The number of halogens is 1. The molecule has 4 saturated heterocycles. The van der Waals surface area contributed by atoms with E-state index in [9.17, 15) is 4.39 Å². The third-order valence-electron chi connectivity index (χ3n) is 7.76. The van der Waals surface area contributed by atoms with Crippen molar-refractivity contribution in [3.05, 3.63) is 42.0 Å². The van der Waals surface area contributed by atoms with Crippen molar-refractivity contribution in [3.8, 4) is 5.75 Å². The summed E-state index contributed by atoms with van der Waals surface area (Å²) in [5.74, 6) is 0.997. The highest BCUT2D eigenvalue weighted by molar-refractivity contribution is 5.38. The van der Waals surface area contributed by atoms with Crippen LogP contribution in [0, 0.1) is 5.82 Å². The number of nitrogens with zero attached hydrogens (tertiary/aromatic N) is 3. The molecule has 4 aliphatic heterocycles. The summed E-state index contributed by atoms with van der Waals surface area (Å²) in [6.07, 6.45) is 8.32. The highest BCUT2D eigenvalue weighted by Gasteiger charge is 2.52. The third kappa shape index (κ3) is 4.36. The first-order chi connectivity index (χ1) is 16.2. The molecule has 4 fully saturated rings. The second-order valence-electron chi connectivity index (χ2n) is 9.94. The number of oxazole rings is 1. The Kier molecular flexibility index (Phi) is 5.76. The molecule has 0 amide bonds. The summed E-state index contributed by atoms with van der Waals surface area (Å²) in [5, 5.41) is 0. The Hall–Kier alpha value is -2.16. The highest BCUT2D eigenvalue weighted by atomic mass is 19.1. The molecule has 1 atom stereocenters. The number of hydrogen-bond acceptors (Lipinski definition) is 7. The van der Waals surface area contributed by atoms with Gasteiger partial charge in [0.25, 0.3) is 6.01 Å². The van der Waals surface area contributed by atoms with Crippen molar-refractivity contribution in [1.82, 2.24) is 9.88 Å². The van der Waals surface area contributed by atoms with Crippen molar-refractivity contribution in [1.29, 1.82) is 0 Å². The molecule has 0 N–H and O–H groups in total. The van der Waals surface area contributed by atoms with Crippen molar-refractivity contribution in [2.75, 3.05) is 50.9 Å². The van der Waals surface area contributed by atoms with Crippen LogP contribution in [-0.2, 0) is 9.47 Å². The predicted octanol–water partition coefficient (Wildman–Crippen LogP) is 3.60. The van der Waals surface area contributed by atoms with E-state index in [-0.39, 0.29) is 17.5 Å². The number of anilines is 1. The molecule has 0 aliphatic carbocycles. The molecular formula is C25H32FN3O4. The average molecular weight is 458 g/mol. The zero-order valence-corrected chi connectivity index (χ0v) is 19.0. The van der Waals surface area contributed by atoms with E-state index in [0.29, 0.717) is 18.0 Å². The van der Waals surface area contributed by atoms with Crippen molar-refractivity contribution in [2.45, 2.75) is 55.8 Å². The summed E-state index contributed by atoms with van der Waals surface area (Å²) in [6, 6.07) is 6.15. The monoisotopic (exact) mass is 457 g/mol. The van der Waals surface area contributed by atoms with Gasteiger partial charge in [0.2, 0.25) is 0 Å². The van der Waals surface area contributed by atoms with Crippen molar-refractivity contribution >= 4 is 6.01 Å². The van der Waals surface area contributed by atoms with Gasteiger partial charge in [-0.2, -0.15) is 0 Å². The maximum atomic E-state index is 14.1. The average Bonchev–Trinajstić information content (AvgIpc) is 3.51. The number of aromatic nitrogens is 1. The predicted molar refractivity (Wildman–Crippen MR) is 120 cm³/mol. The Balaban J connectivity index is 1.05. The first kappa shape index (κ1) is 21.4. The Morgan fingerprint density at radius 3 is 2.67 bits per heavy atom. The lowest BCUT2D eigenvalue weighted by Crippen LogP contribution is -2.62. The number of ether oxygens (including phenoxy) is 3. The molecule has 0 saturated carbocycles. The number of hydrogen-bond donors (Lipinski definition) is 0. The molecule has 2 aromatic rings. The second kappa shape index (κ2) is 8.89. The van der Waals surface area contributed by atoms with E-state index >= 15 is 0 Å². The molecule has 33 heavy (non-hydrogen) atoms. The van der Waals surface area contributed by atoms with Gasteiger partial charge in [-0.3, -0.25) is 4.90 Å². The number of benzene rings is 1.